The molecule has 0 saturated heterocycles. The Kier molecular flexibility index (Phi) is 5.07. The first-order chi connectivity index (χ1) is 3.77. The van der Waals surface area contributed by atoms with Crippen LogP contribution in [-0.2, 0) is 0 Å². The molecule has 0 heterocycles. The van der Waals surface area contributed by atoms with E-state index in [0.717, 1.165) is 9.52 Å². The minimum atomic E-state index is 1.05. The van der Waals surface area contributed by atoms with Crippen molar-refractivity contribution in [2.75, 3.05) is 0 Å². The van der Waals surface area contributed by atoms with Crippen molar-refractivity contribution in [3.05, 3.63) is 11.3 Å². The Hall–Kier alpha value is -0.0431. The molecule has 1 heteroatoms. The van der Waals surface area contributed by atoms with Gasteiger partial charge in [0.05, 0.1) is 9.52 Å². The van der Waals surface area contributed by atoms with E-state index in [0.29, 0.717) is 0 Å². The van der Waals surface area contributed by atoms with E-state index in [1.807, 2.05) is 0 Å². The number of hydrogen-bond acceptors (Lipinski definition) is 0. The van der Waals surface area contributed by atoms with Gasteiger partial charge in [0.15, 0.2) is 0 Å². The third-order valence-corrected chi connectivity index (χ3v) is 2.36. The van der Waals surface area contributed by atoms with Gasteiger partial charge in [0, 0.05) is 0 Å². The van der Waals surface area contributed by atoms with Gasteiger partial charge in [-0.3, -0.25) is 0 Å². The van der Waals surface area contributed by atoms with Crippen LogP contribution in [0.1, 0.15) is 27.2 Å². The van der Waals surface area contributed by atoms with Crippen LogP contribution in [0.2, 0.25) is 6.04 Å². The molecule has 0 nitrogen and oxygen atoms in total. The summed E-state index contributed by atoms with van der Waals surface area (Å²) in [5.41, 5.74) is 3.78. The molecule has 0 saturated carbocycles. The van der Waals surface area contributed by atoms with Crippen molar-refractivity contribution in [1.29, 1.82) is 0 Å². The van der Waals surface area contributed by atoms with Crippen LogP contribution in [0.4, 0.5) is 0 Å². The third kappa shape index (κ3) is 5.96. The van der Waals surface area contributed by atoms with E-state index in [2.05, 4.69) is 26.5 Å². The van der Waals surface area contributed by atoms with Crippen molar-refractivity contribution < 1.29 is 0 Å². The molecule has 0 rings (SSSR count). The molecule has 0 aromatic heterocycles. The first-order valence-electron chi connectivity index (χ1n) is 3.14. The lowest BCUT2D eigenvalue weighted by atomic mass is 10.4. The van der Waals surface area contributed by atoms with Crippen molar-refractivity contribution >= 4 is 9.52 Å². The highest BCUT2D eigenvalue weighted by Gasteiger charge is 1.79. The molecule has 8 heavy (non-hydrogen) atoms. The summed E-state index contributed by atoms with van der Waals surface area (Å²) < 4.78 is 0. The fourth-order valence-corrected chi connectivity index (χ4v) is 1.26. The highest BCUT2D eigenvalue weighted by Crippen LogP contribution is 1.90. The summed E-state index contributed by atoms with van der Waals surface area (Å²) in [7, 11) is 1.05. The van der Waals surface area contributed by atoms with Crippen molar-refractivity contribution in [3.63, 3.8) is 0 Å². The van der Waals surface area contributed by atoms with E-state index in [4.69, 9.17) is 0 Å². The van der Waals surface area contributed by atoms with E-state index in [-0.39, 0.29) is 0 Å². The summed E-state index contributed by atoms with van der Waals surface area (Å²) in [6.45, 7) is 6.54. The third-order valence-electron chi connectivity index (χ3n) is 0.785. The van der Waals surface area contributed by atoms with Gasteiger partial charge < -0.3 is 0 Å². The molecule has 0 aliphatic rings. The van der Waals surface area contributed by atoms with Gasteiger partial charge in [-0.25, -0.2) is 0 Å². The Labute approximate surface area is 54.8 Å². The van der Waals surface area contributed by atoms with Gasteiger partial charge in [-0.15, -0.1) is 5.70 Å². The van der Waals surface area contributed by atoms with Crippen LogP contribution < -0.4 is 0 Å². The molecule has 0 aromatic carbocycles. The summed E-state index contributed by atoms with van der Waals surface area (Å²) in [6.07, 6.45) is 1.32. The normalized spacial score (nSPS) is 8.88. The lowest BCUT2D eigenvalue weighted by Gasteiger charge is -1.87. The van der Waals surface area contributed by atoms with Crippen LogP contribution in [0.3, 0.4) is 0 Å². The van der Waals surface area contributed by atoms with E-state index in [1.54, 1.807) is 0 Å². The molecule has 0 aliphatic carbocycles. The van der Waals surface area contributed by atoms with E-state index in [1.165, 1.54) is 18.0 Å². The second kappa shape index (κ2) is 5.10. The van der Waals surface area contributed by atoms with Crippen molar-refractivity contribution in [2.24, 2.45) is 0 Å². The van der Waals surface area contributed by atoms with Crippen LogP contribution in [0.25, 0.3) is 0 Å². The molecule has 2 radical (unpaired) electrons. The van der Waals surface area contributed by atoms with Gasteiger partial charge in [-0.1, -0.05) is 25.0 Å². The molecule has 0 bridgehead atoms. The van der Waals surface area contributed by atoms with Gasteiger partial charge in [0.1, 0.15) is 0 Å². The molecule has 0 unspecified atom stereocenters. The number of hydrogen-bond donors (Lipinski definition) is 0. The van der Waals surface area contributed by atoms with Crippen molar-refractivity contribution in [2.45, 2.75) is 33.2 Å². The summed E-state index contributed by atoms with van der Waals surface area (Å²) >= 11 is 0. The highest BCUT2D eigenvalue weighted by molar-refractivity contribution is 6.42. The zero-order valence-corrected chi connectivity index (χ0v) is 6.99. The minimum Gasteiger partial charge on any atom is -0.100 e. The quantitative estimate of drug-likeness (QED) is 0.402. The summed E-state index contributed by atoms with van der Waals surface area (Å²) in [6, 6.07) is 1.37. The molecular formula is C7H14Si. The standard InChI is InChI=1S/C7H14Si/c1-4-5-8-6-7(2)3/h6H,4-5H2,1-3H3. The van der Waals surface area contributed by atoms with E-state index in [9.17, 15) is 0 Å². The molecular weight excluding hydrogens is 112 g/mol. The zero-order valence-electron chi connectivity index (χ0n) is 5.99. The van der Waals surface area contributed by atoms with Crippen LogP contribution in [0.15, 0.2) is 11.3 Å². The number of allylic oxidation sites excluding steroid dienone is 1. The van der Waals surface area contributed by atoms with Gasteiger partial charge in [0.2, 0.25) is 0 Å². The average molecular weight is 126 g/mol. The molecule has 0 N–H and O–H groups in total. The topological polar surface area (TPSA) is 0 Å². The molecule has 0 amide bonds. The van der Waals surface area contributed by atoms with E-state index >= 15 is 0 Å². The monoisotopic (exact) mass is 126 g/mol. The summed E-state index contributed by atoms with van der Waals surface area (Å²) in [5, 5.41) is 0. The fraction of sp³-hybridized carbons (Fsp3) is 0.714. The smallest absolute Gasteiger partial charge is 0.0702 e. The largest absolute Gasteiger partial charge is 0.100 e. The van der Waals surface area contributed by atoms with Crippen LogP contribution in [0.5, 0.6) is 0 Å². The SMILES string of the molecule is CCC[Si]C=C(C)C. The van der Waals surface area contributed by atoms with Crippen LogP contribution in [-0.4, -0.2) is 9.52 Å². The van der Waals surface area contributed by atoms with Gasteiger partial charge in [-0.05, 0) is 13.8 Å². The Morgan fingerprint density at radius 3 is 2.50 bits per heavy atom. The molecule has 0 fully saturated rings. The summed E-state index contributed by atoms with van der Waals surface area (Å²) in [4.78, 5) is 0. The molecule has 0 atom stereocenters. The van der Waals surface area contributed by atoms with E-state index < -0.39 is 0 Å². The van der Waals surface area contributed by atoms with Crippen LogP contribution >= 0.6 is 0 Å². The Morgan fingerprint density at radius 2 is 2.12 bits per heavy atom. The second-order valence-electron chi connectivity index (χ2n) is 2.18. The predicted octanol–water partition coefficient (Wildman–Crippen LogP) is 2.44. The summed E-state index contributed by atoms with van der Waals surface area (Å²) in [5.74, 6) is 0. The Morgan fingerprint density at radius 1 is 1.50 bits per heavy atom. The second-order valence-corrected chi connectivity index (χ2v) is 3.37. The Bertz CT molecular complexity index is 70.5. The molecule has 0 spiro atoms. The van der Waals surface area contributed by atoms with Crippen molar-refractivity contribution in [1.82, 2.24) is 0 Å². The number of rotatable bonds is 3. The molecule has 0 aromatic rings. The lowest BCUT2D eigenvalue weighted by molar-refractivity contribution is 1.08. The van der Waals surface area contributed by atoms with Crippen molar-refractivity contribution in [3.8, 4) is 0 Å². The lowest BCUT2D eigenvalue weighted by Crippen LogP contribution is -1.82. The van der Waals surface area contributed by atoms with Crippen LogP contribution in [0, 0.1) is 0 Å². The first-order valence-corrected chi connectivity index (χ1v) is 4.42. The maximum atomic E-state index is 2.32. The highest BCUT2D eigenvalue weighted by atomic mass is 28.2. The first kappa shape index (κ1) is 7.96. The maximum Gasteiger partial charge on any atom is 0.0702 e. The molecule has 46 valence electrons. The average Bonchev–Trinajstić information content (AvgIpc) is 1.66. The molecule has 0 aliphatic heterocycles. The van der Waals surface area contributed by atoms with Gasteiger partial charge in [-0.2, -0.15) is 0 Å². The Balaban J connectivity index is 3.03. The fourth-order valence-electron chi connectivity index (χ4n) is 0.421. The minimum absolute atomic E-state index is 1.05. The maximum absolute atomic E-state index is 2.32. The van der Waals surface area contributed by atoms with Gasteiger partial charge in [0.25, 0.3) is 0 Å². The van der Waals surface area contributed by atoms with Gasteiger partial charge >= 0.3 is 0 Å². The predicted molar refractivity (Wildman–Crippen MR) is 40.3 cm³/mol. The zero-order chi connectivity index (χ0) is 6.41.